The zero-order chi connectivity index (χ0) is 27.8. The number of allylic oxidation sites excluding steroid dienone is 7. The number of ether oxygens (including phenoxy) is 2. The SMILES string of the molecule is C#Cc1ccc(C(=C)/C=C\C(=C/C)[C@H](O)CN)c(O/C(C=C(C)C)=C/C(=C)CCC(C)COCCC)c1. The molecule has 0 saturated carbocycles. The highest BCUT2D eigenvalue weighted by Gasteiger charge is 2.11. The van der Waals surface area contributed by atoms with Crippen LogP contribution >= 0.6 is 0 Å². The molecule has 2 atom stereocenters. The molecule has 1 rings (SSSR count). The van der Waals surface area contributed by atoms with E-state index in [1.807, 2.05) is 69.4 Å². The fraction of sp³-hybridized carbons (Fsp3) is 0.394. The van der Waals surface area contributed by atoms with Crippen molar-refractivity contribution in [2.45, 2.75) is 60.0 Å². The molecule has 37 heavy (non-hydrogen) atoms. The van der Waals surface area contributed by atoms with E-state index in [1.165, 1.54) is 0 Å². The zero-order valence-electron chi connectivity index (χ0n) is 23.3. The topological polar surface area (TPSA) is 64.7 Å². The van der Waals surface area contributed by atoms with E-state index in [4.69, 9.17) is 21.6 Å². The smallest absolute Gasteiger partial charge is 0.136 e. The Morgan fingerprint density at radius 1 is 1.22 bits per heavy atom. The Kier molecular flexibility index (Phi) is 15.0. The van der Waals surface area contributed by atoms with E-state index in [9.17, 15) is 5.11 Å². The van der Waals surface area contributed by atoms with Crippen molar-refractivity contribution in [3.63, 3.8) is 0 Å². The van der Waals surface area contributed by atoms with E-state index in [0.717, 1.165) is 60.3 Å². The molecule has 0 amide bonds. The summed E-state index contributed by atoms with van der Waals surface area (Å²) in [6, 6.07) is 5.60. The van der Waals surface area contributed by atoms with Crippen molar-refractivity contribution in [3.8, 4) is 18.1 Å². The van der Waals surface area contributed by atoms with Crippen molar-refractivity contribution in [2.75, 3.05) is 19.8 Å². The molecule has 0 heterocycles. The van der Waals surface area contributed by atoms with Gasteiger partial charge < -0.3 is 20.3 Å². The molecule has 0 aliphatic heterocycles. The summed E-state index contributed by atoms with van der Waals surface area (Å²) >= 11 is 0. The highest BCUT2D eigenvalue weighted by molar-refractivity contribution is 5.77. The molecule has 0 fully saturated rings. The van der Waals surface area contributed by atoms with Gasteiger partial charge in [0.05, 0.1) is 6.10 Å². The van der Waals surface area contributed by atoms with Crippen LogP contribution in [0.5, 0.6) is 5.75 Å². The lowest BCUT2D eigenvalue weighted by atomic mass is 10.0. The lowest BCUT2D eigenvalue weighted by Crippen LogP contribution is -2.21. The molecule has 200 valence electrons. The number of aliphatic hydroxyl groups excluding tert-OH is 1. The minimum atomic E-state index is -0.729. The number of hydrogen-bond donors (Lipinski definition) is 2. The van der Waals surface area contributed by atoms with Crippen molar-refractivity contribution < 1.29 is 14.6 Å². The van der Waals surface area contributed by atoms with Crippen LogP contribution in [0.2, 0.25) is 0 Å². The van der Waals surface area contributed by atoms with Crippen LogP contribution in [0.3, 0.4) is 0 Å². The summed E-state index contributed by atoms with van der Waals surface area (Å²) in [5, 5.41) is 10.1. The van der Waals surface area contributed by atoms with E-state index in [1.54, 1.807) is 0 Å². The van der Waals surface area contributed by atoms with Gasteiger partial charge in [0.15, 0.2) is 0 Å². The minimum absolute atomic E-state index is 0.146. The second-order valence-corrected chi connectivity index (χ2v) is 9.50. The van der Waals surface area contributed by atoms with Crippen LogP contribution in [0.25, 0.3) is 5.57 Å². The van der Waals surface area contributed by atoms with Crippen LogP contribution in [-0.2, 0) is 4.74 Å². The number of benzene rings is 1. The minimum Gasteiger partial charge on any atom is -0.457 e. The van der Waals surface area contributed by atoms with Gasteiger partial charge in [0, 0.05) is 30.9 Å². The first-order valence-corrected chi connectivity index (χ1v) is 13.0. The Hall–Kier alpha value is -3.10. The van der Waals surface area contributed by atoms with Crippen molar-refractivity contribution >= 4 is 5.57 Å². The molecule has 4 heteroatoms. The lowest BCUT2D eigenvalue weighted by molar-refractivity contribution is 0.103. The molecule has 3 N–H and O–H groups in total. The maximum absolute atomic E-state index is 10.1. The average Bonchev–Trinajstić information content (AvgIpc) is 2.87. The first-order valence-electron chi connectivity index (χ1n) is 13.0. The average molecular weight is 504 g/mol. The molecular formula is C33H45NO3. The van der Waals surface area contributed by atoms with Gasteiger partial charge in [-0.3, -0.25) is 0 Å². The quantitative estimate of drug-likeness (QED) is 0.109. The predicted molar refractivity (Wildman–Crippen MR) is 158 cm³/mol. The normalized spacial score (nSPS) is 13.7. The van der Waals surface area contributed by atoms with Crippen LogP contribution in [0.15, 0.2) is 84.2 Å². The predicted octanol–water partition coefficient (Wildman–Crippen LogP) is 7.13. The number of hydrogen-bond acceptors (Lipinski definition) is 4. The summed E-state index contributed by atoms with van der Waals surface area (Å²) in [5.74, 6) is 4.41. The van der Waals surface area contributed by atoms with Crippen LogP contribution in [0.4, 0.5) is 0 Å². The van der Waals surface area contributed by atoms with Crippen molar-refractivity contribution in [3.05, 3.63) is 95.3 Å². The highest BCUT2D eigenvalue weighted by Crippen LogP contribution is 2.30. The van der Waals surface area contributed by atoms with Crippen molar-refractivity contribution in [2.24, 2.45) is 11.7 Å². The lowest BCUT2D eigenvalue weighted by Gasteiger charge is -2.15. The van der Waals surface area contributed by atoms with Gasteiger partial charge in [-0.25, -0.2) is 0 Å². The van der Waals surface area contributed by atoms with Crippen LogP contribution < -0.4 is 10.5 Å². The van der Waals surface area contributed by atoms with Gasteiger partial charge in [0.2, 0.25) is 0 Å². The van der Waals surface area contributed by atoms with Crippen LogP contribution in [-0.4, -0.2) is 31.0 Å². The Morgan fingerprint density at radius 2 is 1.95 bits per heavy atom. The molecule has 4 nitrogen and oxygen atoms in total. The van der Waals surface area contributed by atoms with Gasteiger partial charge in [0.1, 0.15) is 11.5 Å². The molecule has 0 saturated heterocycles. The van der Waals surface area contributed by atoms with E-state index in [-0.39, 0.29) is 6.54 Å². The largest absolute Gasteiger partial charge is 0.457 e. The Balaban J connectivity index is 3.19. The molecule has 0 bridgehead atoms. The summed E-state index contributed by atoms with van der Waals surface area (Å²) in [6.45, 7) is 20.4. The third-order valence-electron chi connectivity index (χ3n) is 5.63. The first-order chi connectivity index (χ1) is 17.6. The fourth-order valence-electron chi connectivity index (χ4n) is 3.51. The fourth-order valence-corrected chi connectivity index (χ4v) is 3.51. The van der Waals surface area contributed by atoms with Gasteiger partial charge in [0.25, 0.3) is 0 Å². The number of aliphatic hydroxyl groups is 1. The van der Waals surface area contributed by atoms with Gasteiger partial charge in [-0.05, 0) is 87.4 Å². The molecule has 1 unspecified atom stereocenters. The summed E-state index contributed by atoms with van der Waals surface area (Å²) < 4.78 is 12.1. The standard InChI is InChI=1S/C33H45NO3/c1-9-18-36-23-26(7)13-12-25(6)20-30(19-24(4)5)37-33-21-28(10-2)15-17-31(33)27(8)14-16-29(11-3)32(35)22-34/h2,11,14-17,19-21,26,32,35H,6,8-9,12-13,18,22-23,34H2,1,3-5,7H3/b16-14-,29-11+,30-20+/t26?,32-/m1/s1. The van der Waals surface area contributed by atoms with E-state index < -0.39 is 6.10 Å². The zero-order valence-corrected chi connectivity index (χ0v) is 23.3. The van der Waals surface area contributed by atoms with Crippen molar-refractivity contribution in [1.29, 1.82) is 0 Å². The molecule has 0 aliphatic carbocycles. The van der Waals surface area contributed by atoms with Crippen LogP contribution in [0, 0.1) is 18.3 Å². The van der Waals surface area contributed by atoms with Crippen LogP contribution in [0.1, 0.15) is 65.0 Å². The number of rotatable bonds is 16. The van der Waals surface area contributed by atoms with E-state index >= 15 is 0 Å². The second kappa shape index (κ2) is 17.4. The summed E-state index contributed by atoms with van der Waals surface area (Å²) in [5.41, 5.74) is 10.6. The second-order valence-electron chi connectivity index (χ2n) is 9.50. The maximum atomic E-state index is 10.1. The van der Waals surface area contributed by atoms with Gasteiger partial charge in [-0.2, -0.15) is 0 Å². The molecule has 1 aromatic carbocycles. The summed E-state index contributed by atoms with van der Waals surface area (Å²) in [6.07, 6.45) is 17.3. The van der Waals surface area contributed by atoms with Gasteiger partial charge in [-0.15, -0.1) is 6.42 Å². The Labute approximate surface area is 225 Å². The third kappa shape index (κ3) is 12.1. The highest BCUT2D eigenvalue weighted by atomic mass is 16.5. The molecule has 0 aromatic heterocycles. The summed E-state index contributed by atoms with van der Waals surface area (Å²) in [7, 11) is 0. The monoisotopic (exact) mass is 503 g/mol. The summed E-state index contributed by atoms with van der Waals surface area (Å²) in [4.78, 5) is 0. The maximum Gasteiger partial charge on any atom is 0.136 e. The van der Waals surface area contributed by atoms with E-state index in [2.05, 4.69) is 32.9 Å². The molecular weight excluding hydrogens is 458 g/mol. The van der Waals surface area contributed by atoms with Crippen molar-refractivity contribution in [1.82, 2.24) is 0 Å². The first kappa shape index (κ1) is 31.9. The molecule has 0 radical (unpaired) electrons. The Morgan fingerprint density at radius 3 is 2.54 bits per heavy atom. The Bertz CT molecular complexity index is 1060. The molecule has 0 spiro atoms. The van der Waals surface area contributed by atoms with Gasteiger partial charge in [-0.1, -0.05) is 62.3 Å². The molecule has 0 aliphatic rings. The van der Waals surface area contributed by atoms with E-state index in [0.29, 0.717) is 23.0 Å². The molecule has 1 aromatic rings. The van der Waals surface area contributed by atoms with Gasteiger partial charge >= 0.3 is 0 Å². The number of nitrogens with two attached hydrogens (primary N) is 1. The third-order valence-corrected chi connectivity index (χ3v) is 5.63. The number of terminal acetylenes is 1.